The molecule has 0 saturated heterocycles. The molecule has 10 nitrogen and oxygen atoms in total. The number of benzene rings is 3. The minimum Gasteiger partial charge on any atom is -0.497 e. The summed E-state index contributed by atoms with van der Waals surface area (Å²) in [7, 11) is 3.14. The van der Waals surface area contributed by atoms with E-state index in [-0.39, 0.29) is 38.0 Å². The van der Waals surface area contributed by atoms with Gasteiger partial charge in [-0.25, -0.2) is 4.79 Å². The summed E-state index contributed by atoms with van der Waals surface area (Å²) >= 11 is 0. The summed E-state index contributed by atoms with van der Waals surface area (Å²) < 4.78 is 10.2. The van der Waals surface area contributed by atoms with Crippen molar-refractivity contribution in [1.29, 1.82) is 0 Å². The van der Waals surface area contributed by atoms with Gasteiger partial charge in [0.2, 0.25) is 11.8 Å². The van der Waals surface area contributed by atoms with E-state index in [2.05, 4.69) is 10.6 Å². The van der Waals surface area contributed by atoms with Gasteiger partial charge in [-0.05, 0) is 48.9 Å². The smallest absolute Gasteiger partial charge is 0.319 e. The topological polar surface area (TPSA) is 117 Å². The van der Waals surface area contributed by atoms with Crippen LogP contribution in [0, 0.1) is 0 Å². The molecule has 0 unspecified atom stereocenters. The van der Waals surface area contributed by atoms with Crippen molar-refractivity contribution in [2.24, 2.45) is 0 Å². The van der Waals surface area contributed by atoms with Crippen LogP contribution in [0.2, 0.25) is 0 Å². The molecule has 0 fully saturated rings. The van der Waals surface area contributed by atoms with Crippen LogP contribution in [0.25, 0.3) is 0 Å². The molecule has 0 saturated carbocycles. The van der Waals surface area contributed by atoms with E-state index in [1.807, 2.05) is 18.2 Å². The van der Waals surface area contributed by atoms with Crippen molar-refractivity contribution in [2.45, 2.75) is 13.3 Å². The normalized spacial score (nSPS) is 10.2. The highest BCUT2D eigenvalue weighted by Gasteiger charge is 2.23. The second-order valence-electron chi connectivity index (χ2n) is 8.46. The molecule has 0 radical (unpaired) electrons. The lowest BCUT2D eigenvalue weighted by Crippen LogP contribution is -2.46. The average Bonchev–Trinajstić information content (AvgIpc) is 2.94. The Hall–Kier alpha value is -4.86. The van der Waals surface area contributed by atoms with Crippen LogP contribution in [0.5, 0.6) is 5.75 Å². The monoisotopic (exact) mass is 532 g/mol. The number of hydrogen-bond acceptors (Lipinski definition) is 6. The van der Waals surface area contributed by atoms with E-state index in [1.54, 1.807) is 74.6 Å². The van der Waals surface area contributed by atoms with Crippen molar-refractivity contribution < 1.29 is 28.7 Å². The molecule has 2 N–H and O–H groups in total. The maximum Gasteiger partial charge on any atom is 0.319 e. The van der Waals surface area contributed by atoms with E-state index in [4.69, 9.17) is 9.47 Å². The molecule has 10 heteroatoms. The molecule has 3 rings (SSSR count). The van der Waals surface area contributed by atoms with Gasteiger partial charge in [0, 0.05) is 30.2 Å². The first-order valence-electron chi connectivity index (χ1n) is 12.4. The molecule has 0 bridgehead atoms. The number of rotatable bonds is 11. The number of nitrogens with zero attached hydrogens (tertiary/aromatic N) is 2. The molecule has 39 heavy (non-hydrogen) atoms. The maximum absolute atomic E-state index is 13.3. The lowest BCUT2D eigenvalue weighted by molar-refractivity contribution is -0.142. The van der Waals surface area contributed by atoms with E-state index in [0.717, 1.165) is 0 Å². The number of esters is 1. The standard InChI is InChI=1S/C29H32N4O6/c1-4-39-28(36)17-21-10-8-11-22(16-21)31-29(37)30-19-26(34)33(24-14-9-15-25(18-24)38-3)20-27(35)32(2)23-12-6-5-7-13-23/h5-16,18H,4,17,19-20H2,1-3H3,(H2,30,31,37). The van der Waals surface area contributed by atoms with Crippen LogP contribution in [0.15, 0.2) is 78.9 Å². The molecule has 204 valence electrons. The summed E-state index contributed by atoms with van der Waals surface area (Å²) in [5.41, 5.74) is 2.25. The number of nitrogens with one attached hydrogen (secondary N) is 2. The molecular formula is C29H32N4O6. The summed E-state index contributed by atoms with van der Waals surface area (Å²) in [6.07, 6.45) is 0.0738. The summed E-state index contributed by atoms with van der Waals surface area (Å²) in [5.74, 6) is -0.665. The minimum atomic E-state index is -0.616. The average molecular weight is 533 g/mol. The number of anilines is 3. The largest absolute Gasteiger partial charge is 0.497 e. The second kappa shape index (κ2) is 14.2. The van der Waals surface area contributed by atoms with Gasteiger partial charge in [-0.1, -0.05) is 36.4 Å². The van der Waals surface area contributed by atoms with Gasteiger partial charge < -0.3 is 29.9 Å². The minimum absolute atomic E-state index is 0.0738. The van der Waals surface area contributed by atoms with E-state index >= 15 is 0 Å². The van der Waals surface area contributed by atoms with Crippen molar-refractivity contribution in [3.63, 3.8) is 0 Å². The van der Waals surface area contributed by atoms with E-state index < -0.39 is 11.9 Å². The number of carbonyl (C=O) groups is 4. The van der Waals surface area contributed by atoms with Gasteiger partial charge in [0.05, 0.1) is 26.7 Å². The fourth-order valence-electron chi connectivity index (χ4n) is 3.70. The van der Waals surface area contributed by atoms with E-state index in [1.165, 1.54) is 16.9 Å². The Morgan fingerprint density at radius 1 is 0.846 bits per heavy atom. The van der Waals surface area contributed by atoms with E-state index in [9.17, 15) is 19.2 Å². The molecule has 4 amide bonds. The fraction of sp³-hybridized carbons (Fsp3) is 0.241. The number of carbonyl (C=O) groups excluding carboxylic acids is 4. The number of urea groups is 1. The molecule has 0 aromatic heterocycles. The van der Waals surface area contributed by atoms with Crippen LogP contribution in [0.1, 0.15) is 12.5 Å². The van der Waals surface area contributed by atoms with Crippen LogP contribution in [-0.4, -0.2) is 57.7 Å². The first-order chi connectivity index (χ1) is 18.8. The fourth-order valence-corrected chi connectivity index (χ4v) is 3.70. The highest BCUT2D eigenvalue weighted by molar-refractivity contribution is 6.05. The van der Waals surface area contributed by atoms with E-state index in [0.29, 0.717) is 28.4 Å². The number of methoxy groups -OCH3 is 1. The highest BCUT2D eigenvalue weighted by Crippen LogP contribution is 2.22. The summed E-state index contributed by atoms with van der Waals surface area (Å²) in [6, 6.07) is 22.0. The zero-order chi connectivity index (χ0) is 28.2. The Morgan fingerprint density at radius 3 is 2.28 bits per heavy atom. The summed E-state index contributed by atoms with van der Waals surface area (Å²) in [4.78, 5) is 53.4. The van der Waals surface area contributed by atoms with Crippen LogP contribution in [-0.2, 0) is 25.5 Å². The first kappa shape index (κ1) is 28.7. The Morgan fingerprint density at radius 2 is 1.56 bits per heavy atom. The number of hydrogen-bond donors (Lipinski definition) is 2. The molecule has 3 aromatic rings. The number of amides is 4. The Kier molecular flexibility index (Phi) is 10.4. The van der Waals surface area contributed by atoms with Crippen molar-refractivity contribution in [3.8, 4) is 5.75 Å². The van der Waals surface area contributed by atoms with Crippen molar-refractivity contribution in [1.82, 2.24) is 5.32 Å². The maximum atomic E-state index is 13.3. The van der Waals surface area contributed by atoms with Crippen LogP contribution >= 0.6 is 0 Å². The number of likely N-dealkylation sites (N-methyl/N-ethyl adjacent to an activating group) is 1. The lowest BCUT2D eigenvalue weighted by Gasteiger charge is -2.26. The van der Waals surface area contributed by atoms with Crippen LogP contribution in [0.4, 0.5) is 21.9 Å². The summed E-state index contributed by atoms with van der Waals surface area (Å²) in [6.45, 7) is 1.40. The number of ether oxygens (including phenoxy) is 2. The predicted octanol–water partition coefficient (Wildman–Crippen LogP) is 3.62. The zero-order valence-electron chi connectivity index (χ0n) is 22.2. The van der Waals surface area contributed by atoms with Gasteiger partial charge >= 0.3 is 12.0 Å². The van der Waals surface area contributed by atoms with Gasteiger partial charge in [0.25, 0.3) is 0 Å². The molecule has 0 atom stereocenters. The molecule has 0 aliphatic heterocycles. The second-order valence-corrected chi connectivity index (χ2v) is 8.46. The summed E-state index contributed by atoms with van der Waals surface area (Å²) in [5, 5.41) is 5.19. The number of para-hydroxylation sites is 1. The third kappa shape index (κ3) is 8.60. The predicted molar refractivity (Wildman–Crippen MR) is 149 cm³/mol. The zero-order valence-corrected chi connectivity index (χ0v) is 22.2. The van der Waals surface area contributed by atoms with Gasteiger partial charge in [0.1, 0.15) is 12.3 Å². The van der Waals surface area contributed by atoms with Gasteiger partial charge in [0.15, 0.2) is 0 Å². The highest BCUT2D eigenvalue weighted by atomic mass is 16.5. The molecule has 0 aliphatic rings. The molecule has 0 aliphatic carbocycles. The Bertz CT molecular complexity index is 1300. The molecule has 0 spiro atoms. The van der Waals surface area contributed by atoms with Gasteiger partial charge in [-0.15, -0.1) is 0 Å². The van der Waals surface area contributed by atoms with Gasteiger partial charge in [-0.3, -0.25) is 14.4 Å². The SMILES string of the molecule is CCOC(=O)Cc1cccc(NC(=O)NCC(=O)N(CC(=O)N(C)c2ccccc2)c2cccc(OC)c2)c1. The third-order valence-electron chi connectivity index (χ3n) is 5.72. The molecular weight excluding hydrogens is 500 g/mol. The van der Waals surface area contributed by atoms with Crippen LogP contribution in [0.3, 0.4) is 0 Å². The van der Waals surface area contributed by atoms with Crippen LogP contribution < -0.4 is 25.2 Å². The quantitative estimate of drug-likeness (QED) is 0.365. The molecule has 3 aromatic carbocycles. The van der Waals surface area contributed by atoms with Crippen molar-refractivity contribution in [2.75, 3.05) is 49.0 Å². The third-order valence-corrected chi connectivity index (χ3v) is 5.72. The van der Waals surface area contributed by atoms with Crippen molar-refractivity contribution in [3.05, 3.63) is 84.4 Å². The Labute approximate surface area is 227 Å². The first-order valence-corrected chi connectivity index (χ1v) is 12.4. The van der Waals surface area contributed by atoms with Crippen molar-refractivity contribution >= 4 is 40.9 Å². The lowest BCUT2D eigenvalue weighted by atomic mass is 10.1. The Balaban J connectivity index is 1.67. The molecule has 0 heterocycles. The van der Waals surface area contributed by atoms with Gasteiger partial charge in [-0.2, -0.15) is 0 Å².